The SMILES string of the molecule is C=CC1CCC(c2c(F)cc(C#Cc3ccc4c(F)c(F)ccc4c3)c(F)c2F)CC1. The molecular formula is C26H19F5. The van der Waals surface area contributed by atoms with Crippen LogP contribution in [0.3, 0.4) is 0 Å². The lowest BCUT2D eigenvalue weighted by Gasteiger charge is -2.27. The highest BCUT2D eigenvalue weighted by molar-refractivity contribution is 5.84. The molecule has 0 nitrogen and oxygen atoms in total. The molecule has 3 aromatic carbocycles. The second-order valence-corrected chi connectivity index (χ2v) is 7.84. The average molecular weight is 426 g/mol. The standard InChI is InChI=1S/C26H19F5/c1-2-15-3-7-17(8-4-15)23-22(28)14-19(24(29)26(23)31)9-5-16-6-11-20-18(13-16)10-12-21(27)25(20)30/h2,6,10-15,17H,1,3-4,7-8H2. The van der Waals surface area contributed by atoms with E-state index in [1.54, 1.807) is 0 Å². The van der Waals surface area contributed by atoms with Gasteiger partial charge in [0, 0.05) is 16.5 Å². The molecule has 1 aliphatic rings. The molecule has 4 rings (SSSR count). The molecule has 0 aromatic heterocycles. The predicted octanol–water partition coefficient (Wildman–Crippen LogP) is 7.39. The van der Waals surface area contributed by atoms with Crippen LogP contribution in [0.1, 0.15) is 48.3 Å². The van der Waals surface area contributed by atoms with Crippen LogP contribution >= 0.6 is 0 Å². The van der Waals surface area contributed by atoms with Crippen molar-refractivity contribution in [2.75, 3.05) is 0 Å². The van der Waals surface area contributed by atoms with Gasteiger partial charge in [0.25, 0.3) is 0 Å². The van der Waals surface area contributed by atoms with Crippen molar-refractivity contribution in [2.45, 2.75) is 31.6 Å². The van der Waals surface area contributed by atoms with Gasteiger partial charge in [-0.25, -0.2) is 22.0 Å². The van der Waals surface area contributed by atoms with Gasteiger partial charge in [-0.3, -0.25) is 0 Å². The molecule has 1 fully saturated rings. The number of rotatable bonds is 2. The van der Waals surface area contributed by atoms with E-state index in [2.05, 4.69) is 18.4 Å². The first-order valence-corrected chi connectivity index (χ1v) is 10.1. The predicted molar refractivity (Wildman–Crippen MR) is 111 cm³/mol. The van der Waals surface area contributed by atoms with Crippen molar-refractivity contribution >= 4 is 10.8 Å². The summed E-state index contributed by atoms with van der Waals surface area (Å²) in [5.74, 6) is -0.0444. The molecule has 0 aliphatic heterocycles. The maximum Gasteiger partial charge on any atom is 0.174 e. The third-order valence-electron chi connectivity index (χ3n) is 5.96. The highest BCUT2D eigenvalue weighted by Crippen LogP contribution is 2.39. The van der Waals surface area contributed by atoms with Crippen molar-refractivity contribution in [1.29, 1.82) is 0 Å². The molecule has 0 spiro atoms. The summed E-state index contributed by atoms with van der Waals surface area (Å²) in [6, 6.07) is 7.63. The summed E-state index contributed by atoms with van der Waals surface area (Å²) in [5.41, 5.74) is -0.219. The zero-order chi connectivity index (χ0) is 22.1. The van der Waals surface area contributed by atoms with Gasteiger partial charge in [0.05, 0.1) is 5.56 Å². The Morgan fingerprint density at radius 1 is 0.774 bits per heavy atom. The quantitative estimate of drug-likeness (QED) is 0.173. The zero-order valence-corrected chi connectivity index (χ0v) is 16.6. The van der Waals surface area contributed by atoms with Crippen LogP contribution in [0.4, 0.5) is 22.0 Å². The Balaban J connectivity index is 1.65. The van der Waals surface area contributed by atoms with Crippen LogP contribution in [-0.4, -0.2) is 0 Å². The molecule has 158 valence electrons. The summed E-state index contributed by atoms with van der Waals surface area (Å²) < 4.78 is 71.2. The van der Waals surface area contributed by atoms with Crippen LogP contribution in [-0.2, 0) is 0 Å². The Morgan fingerprint density at radius 2 is 1.52 bits per heavy atom. The number of allylic oxidation sites excluding steroid dienone is 1. The van der Waals surface area contributed by atoms with Crippen LogP contribution in [0.25, 0.3) is 10.8 Å². The Kier molecular flexibility index (Phi) is 5.82. The van der Waals surface area contributed by atoms with Crippen molar-refractivity contribution in [2.24, 2.45) is 5.92 Å². The summed E-state index contributed by atoms with van der Waals surface area (Å²) in [6.07, 6.45) is 4.53. The Morgan fingerprint density at radius 3 is 2.23 bits per heavy atom. The Labute approximate surface area is 177 Å². The summed E-state index contributed by atoms with van der Waals surface area (Å²) in [5, 5.41) is 0.498. The molecule has 0 amide bonds. The van der Waals surface area contributed by atoms with E-state index in [4.69, 9.17) is 0 Å². The topological polar surface area (TPSA) is 0 Å². The highest BCUT2D eigenvalue weighted by Gasteiger charge is 2.28. The largest absolute Gasteiger partial charge is 0.207 e. The van der Waals surface area contributed by atoms with Gasteiger partial charge < -0.3 is 0 Å². The van der Waals surface area contributed by atoms with Crippen molar-refractivity contribution in [3.8, 4) is 11.8 Å². The number of halogens is 5. The fourth-order valence-corrected chi connectivity index (χ4v) is 4.20. The first-order chi connectivity index (χ1) is 14.9. The first-order valence-electron chi connectivity index (χ1n) is 10.1. The highest BCUT2D eigenvalue weighted by atomic mass is 19.2. The molecule has 0 radical (unpaired) electrons. The molecule has 0 saturated heterocycles. The third-order valence-corrected chi connectivity index (χ3v) is 5.96. The van der Waals surface area contributed by atoms with Crippen LogP contribution < -0.4 is 0 Å². The lowest BCUT2D eigenvalue weighted by molar-refractivity contribution is 0.354. The number of hydrogen-bond acceptors (Lipinski definition) is 0. The van der Waals surface area contributed by atoms with Crippen molar-refractivity contribution in [1.82, 2.24) is 0 Å². The normalized spacial score (nSPS) is 18.5. The van der Waals surface area contributed by atoms with Crippen LogP contribution in [0.5, 0.6) is 0 Å². The smallest absolute Gasteiger partial charge is 0.174 e. The van der Waals surface area contributed by atoms with Crippen molar-refractivity contribution in [3.05, 3.63) is 94.8 Å². The zero-order valence-electron chi connectivity index (χ0n) is 16.6. The first kappa shape index (κ1) is 21.1. The van der Waals surface area contributed by atoms with Crippen LogP contribution in [0, 0.1) is 46.8 Å². The van der Waals surface area contributed by atoms with Gasteiger partial charge in [-0.2, -0.15) is 0 Å². The van der Waals surface area contributed by atoms with E-state index in [0.717, 1.165) is 25.0 Å². The minimum absolute atomic E-state index is 0.0874. The van der Waals surface area contributed by atoms with E-state index >= 15 is 0 Å². The van der Waals surface area contributed by atoms with Crippen LogP contribution in [0.2, 0.25) is 0 Å². The van der Waals surface area contributed by atoms with E-state index in [-0.39, 0.29) is 22.4 Å². The fourth-order valence-electron chi connectivity index (χ4n) is 4.20. The molecule has 0 N–H and O–H groups in total. The maximum absolute atomic E-state index is 14.7. The minimum atomic E-state index is -1.19. The second kappa shape index (κ2) is 8.55. The van der Waals surface area contributed by atoms with Gasteiger partial charge in [0.2, 0.25) is 0 Å². The van der Waals surface area contributed by atoms with E-state index in [0.29, 0.717) is 29.7 Å². The summed E-state index contributed by atoms with van der Waals surface area (Å²) in [4.78, 5) is 0. The van der Waals surface area contributed by atoms with Gasteiger partial charge in [-0.05, 0) is 67.2 Å². The lowest BCUT2D eigenvalue weighted by Crippen LogP contribution is -2.15. The monoisotopic (exact) mass is 426 g/mol. The Hall–Kier alpha value is -3.13. The molecule has 0 heterocycles. The third kappa shape index (κ3) is 4.07. The van der Waals surface area contributed by atoms with Crippen molar-refractivity contribution < 1.29 is 22.0 Å². The van der Waals surface area contributed by atoms with E-state index in [1.165, 1.54) is 24.3 Å². The fraction of sp³-hybridized carbons (Fsp3) is 0.231. The van der Waals surface area contributed by atoms with Gasteiger partial charge in [-0.15, -0.1) is 6.58 Å². The van der Waals surface area contributed by atoms with E-state index < -0.39 is 29.1 Å². The molecule has 0 bridgehead atoms. The molecule has 1 saturated carbocycles. The van der Waals surface area contributed by atoms with Crippen molar-refractivity contribution in [3.63, 3.8) is 0 Å². The number of benzene rings is 3. The molecule has 5 heteroatoms. The molecule has 0 atom stereocenters. The second-order valence-electron chi connectivity index (χ2n) is 7.84. The van der Waals surface area contributed by atoms with Gasteiger partial charge in [-0.1, -0.05) is 30.0 Å². The van der Waals surface area contributed by atoms with Gasteiger partial charge in [0.1, 0.15) is 5.82 Å². The minimum Gasteiger partial charge on any atom is -0.207 e. The van der Waals surface area contributed by atoms with E-state index in [1.807, 2.05) is 6.08 Å². The van der Waals surface area contributed by atoms with Crippen LogP contribution in [0.15, 0.2) is 49.1 Å². The van der Waals surface area contributed by atoms with Gasteiger partial charge in [0.15, 0.2) is 23.3 Å². The summed E-state index contributed by atoms with van der Waals surface area (Å²) in [7, 11) is 0. The summed E-state index contributed by atoms with van der Waals surface area (Å²) >= 11 is 0. The molecule has 0 unspecified atom stereocenters. The Bertz CT molecular complexity index is 1220. The molecule has 31 heavy (non-hydrogen) atoms. The molecular weight excluding hydrogens is 407 g/mol. The molecule has 1 aliphatic carbocycles. The van der Waals surface area contributed by atoms with E-state index in [9.17, 15) is 22.0 Å². The average Bonchev–Trinajstić information content (AvgIpc) is 2.78. The van der Waals surface area contributed by atoms with Gasteiger partial charge >= 0.3 is 0 Å². The number of hydrogen-bond donors (Lipinski definition) is 0. The molecule has 3 aromatic rings. The number of fused-ring (bicyclic) bond motifs is 1. The summed E-state index contributed by atoms with van der Waals surface area (Å²) in [6.45, 7) is 3.75. The lowest BCUT2D eigenvalue weighted by atomic mass is 9.78. The maximum atomic E-state index is 14.7.